The fourth-order valence-corrected chi connectivity index (χ4v) is 8.65. The molecule has 1 aromatic heterocycles. The number of aliphatic imine (C=N–C) groups is 2. The summed E-state index contributed by atoms with van der Waals surface area (Å²) in [5.41, 5.74) is 16.0. The van der Waals surface area contributed by atoms with Gasteiger partial charge in [-0.15, -0.1) is 0 Å². The zero-order valence-corrected chi connectivity index (χ0v) is 33.4. The Morgan fingerprint density at radius 2 is 0.754 bits per heavy atom. The van der Waals surface area contributed by atoms with E-state index in [2.05, 4.69) is 228 Å². The molecule has 2 N–H and O–H groups in total. The van der Waals surface area contributed by atoms with Gasteiger partial charge in [0.05, 0.1) is 22.5 Å². The predicted molar refractivity (Wildman–Crippen MR) is 253 cm³/mol. The van der Waals surface area contributed by atoms with Crippen molar-refractivity contribution < 1.29 is 0 Å². The molecule has 2 aliphatic heterocycles. The third kappa shape index (κ3) is 7.02. The Kier molecular flexibility index (Phi) is 9.24. The highest BCUT2D eigenvalue weighted by molar-refractivity contribution is 6.14. The molecule has 9 aromatic rings. The largest absolute Gasteiger partial charge is 0.360 e. The zero-order valence-electron chi connectivity index (χ0n) is 33.4. The summed E-state index contributed by atoms with van der Waals surface area (Å²) in [5, 5.41) is 10.2. The highest BCUT2D eigenvalue weighted by atomic mass is 15.1. The fraction of sp³-hybridized carbons (Fsp3) is 0.0357. The van der Waals surface area contributed by atoms with Crippen molar-refractivity contribution in [1.82, 2.24) is 15.2 Å². The van der Waals surface area contributed by atoms with E-state index in [1.54, 1.807) is 0 Å². The van der Waals surface area contributed by atoms with E-state index in [0.29, 0.717) is 0 Å². The third-order valence-electron chi connectivity index (χ3n) is 11.6. The molecule has 0 amide bonds. The van der Waals surface area contributed by atoms with Crippen molar-refractivity contribution in [1.29, 1.82) is 0 Å². The fourth-order valence-electron chi connectivity index (χ4n) is 8.65. The molecule has 0 bridgehead atoms. The minimum absolute atomic E-state index is 0.270. The van der Waals surface area contributed by atoms with Gasteiger partial charge in [-0.3, -0.25) is 9.98 Å². The number of allylic oxidation sites excluding steroid dienone is 2. The lowest BCUT2D eigenvalue weighted by Gasteiger charge is -2.27. The van der Waals surface area contributed by atoms with Gasteiger partial charge in [0.25, 0.3) is 0 Å². The number of para-hydroxylation sites is 2. The molecular weight excluding hydrogens is 743 g/mol. The number of rotatable bonds is 8. The Morgan fingerprint density at radius 3 is 1.25 bits per heavy atom. The van der Waals surface area contributed by atoms with Crippen LogP contribution >= 0.6 is 0 Å². The van der Waals surface area contributed by atoms with Crippen LogP contribution in [0.4, 0.5) is 0 Å². The van der Waals surface area contributed by atoms with E-state index in [1.165, 1.54) is 21.8 Å². The second kappa shape index (κ2) is 15.6. The number of nitrogens with one attached hydrogen (secondary N) is 2. The Balaban J connectivity index is 1.10. The van der Waals surface area contributed by atoms with E-state index < -0.39 is 0 Å². The molecule has 0 saturated heterocycles. The lowest BCUT2D eigenvalue weighted by molar-refractivity contribution is 0.662. The second-order valence-corrected chi connectivity index (χ2v) is 15.5. The summed E-state index contributed by atoms with van der Waals surface area (Å²) in [6.07, 6.45) is 3.85. The molecule has 5 nitrogen and oxygen atoms in total. The van der Waals surface area contributed by atoms with E-state index >= 15 is 0 Å². The van der Waals surface area contributed by atoms with E-state index in [1.807, 2.05) is 12.1 Å². The molecule has 61 heavy (non-hydrogen) atoms. The minimum atomic E-state index is -0.270. The molecule has 0 fully saturated rings. The number of hydrogen-bond acceptors (Lipinski definition) is 4. The van der Waals surface area contributed by atoms with Crippen LogP contribution in [0, 0.1) is 0 Å². The summed E-state index contributed by atoms with van der Waals surface area (Å²) in [6.45, 7) is 0. The van der Waals surface area contributed by atoms with Gasteiger partial charge in [0.1, 0.15) is 12.3 Å². The summed E-state index contributed by atoms with van der Waals surface area (Å²) < 4.78 is 2.38. The minimum Gasteiger partial charge on any atom is -0.360 e. The Labute approximate surface area is 355 Å². The summed E-state index contributed by atoms with van der Waals surface area (Å²) in [5.74, 6) is 0. The maximum Gasteiger partial charge on any atom is 0.145 e. The number of benzene rings is 8. The van der Waals surface area contributed by atoms with Gasteiger partial charge in [0.2, 0.25) is 0 Å². The number of hydrogen-bond donors (Lipinski definition) is 2. The van der Waals surface area contributed by atoms with Crippen LogP contribution in [0.3, 0.4) is 0 Å². The highest BCUT2D eigenvalue weighted by Gasteiger charge is 2.24. The van der Waals surface area contributed by atoms with Gasteiger partial charge in [0.15, 0.2) is 0 Å². The molecule has 11 rings (SSSR count). The van der Waals surface area contributed by atoms with Gasteiger partial charge in [0, 0.05) is 27.9 Å². The molecule has 2 aliphatic rings. The number of fused-ring (bicyclic) bond motifs is 3. The van der Waals surface area contributed by atoms with Crippen LogP contribution in [0.1, 0.15) is 45.7 Å². The second-order valence-electron chi connectivity index (χ2n) is 15.5. The Bertz CT molecular complexity index is 2990. The van der Waals surface area contributed by atoms with Gasteiger partial charge in [-0.2, -0.15) is 0 Å². The molecule has 3 heterocycles. The predicted octanol–water partition coefficient (Wildman–Crippen LogP) is 12.7. The maximum atomic E-state index is 5.25. The quantitative estimate of drug-likeness (QED) is 0.161. The molecule has 8 aromatic carbocycles. The monoisotopic (exact) mass is 783 g/mol. The zero-order chi connectivity index (χ0) is 40.5. The van der Waals surface area contributed by atoms with Crippen LogP contribution in [0.15, 0.2) is 234 Å². The first kappa shape index (κ1) is 36.1. The van der Waals surface area contributed by atoms with Crippen LogP contribution in [0.2, 0.25) is 0 Å². The van der Waals surface area contributed by atoms with Crippen LogP contribution in [0.5, 0.6) is 0 Å². The average Bonchev–Trinajstić information content (AvgIpc) is 3.69. The molecule has 2 atom stereocenters. The van der Waals surface area contributed by atoms with Crippen molar-refractivity contribution in [3.63, 3.8) is 0 Å². The van der Waals surface area contributed by atoms with Crippen molar-refractivity contribution >= 4 is 44.6 Å². The number of aromatic nitrogens is 1. The third-order valence-corrected chi connectivity index (χ3v) is 11.6. The molecule has 290 valence electrons. The van der Waals surface area contributed by atoms with Crippen molar-refractivity contribution in [2.24, 2.45) is 9.98 Å². The standard InChI is InChI=1S/C56H41N5/c1-5-18-38(19-6-1)49-36-51(59-55(57-49)40-22-9-3-10-23-40)44-32-43(42-26-17-27-46(35-42)61-53-30-15-13-28-47(53)48-29-14-16-31-54(48)61)33-45(34-44)52-37-50(39-20-7-2-8-21-39)58-56(60-52)41-24-11-4-12-25-41/h1-37,55-56,59-60H. The first-order valence-corrected chi connectivity index (χ1v) is 20.8. The lowest BCUT2D eigenvalue weighted by atomic mass is 9.93. The van der Waals surface area contributed by atoms with Gasteiger partial charge >= 0.3 is 0 Å². The van der Waals surface area contributed by atoms with E-state index in [-0.39, 0.29) is 12.3 Å². The van der Waals surface area contributed by atoms with Gasteiger partial charge in [-0.25, -0.2) is 0 Å². The van der Waals surface area contributed by atoms with Gasteiger partial charge < -0.3 is 15.2 Å². The average molecular weight is 784 g/mol. The van der Waals surface area contributed by atoms with Crippen LogP contribution in [-0.2, 0) is 0 Å². The molecule has 0 saturated carbocycles. The Hall–Kier alpha value is -8.02. The molecule has 5 heteroatoms. The van der Waals surface area contributed by atoms with Crippen LogP contribution in [-0.4, -0.2) is 16.0 Å². The van der Waals surface area contributed by atoms with Crippen LogP contribution in [0.25, 0.3) is 50.0 Å². The molecule has 0 spiro atoms. The van der Waals surface area contributed by atoms with E-state index in [4.69, 9.17) is 9.98 Å². The number of nitrogens with zero attached hydrogens (tertiary/aromatic N) is 3. The van der Waals surface area contributed by atoms with Crippen molar-refractivity contribution in [3.05, 3.63) is 258 Å². The Morgan fingerprint density at radius 1 is 0.344 bits per heavy atom. The van der Waals surface area contributed by atoms with Crippen LogP contribution < -0.4 is 10.6 Å². The van der Waals surface area contributed by atoms with E-state index in [0.717, 1.165) is 73.0 Å². The summed E-state index contributed by atoms with van der Waals surface area (Å²) >= 11 is 0. The highest BCUT2D eigenvalue weighted by Crippen LogP contribution is 2.37. The molecule has 0 radical (unpaired) electrons. The summed E-state index contributed by atoms with van der Waals surface area (Å²) in [7, 11) is 0. The SMILES string of the molecule is C1=C(c2cc(C3=CC(c4ccccc4)=NC(c4ccccc4)N3)cc(-c3cccc(-n4c5ccccc5c5ccccc54)c3)c2)NC(c2ccccc2)N=C1c1ccccc1. The smallest absolute Gasteiger partial charge is 0.145 e. The summed E-state index contributed by atoms with van der Waals surface area (Å²) in [6, 6.07) is 75.1. The van der Waals surface area contributed by atoms with Crippen molar-refractivity contribution in [2.45, 2.75) is 12.3 Å². The van der Waals surface area contributed by atoms with E-state index in [9.17, 15) is 0 Å². The lowest BCUT2D eigenvalue weighted by Crippen LogP contribution is -2.26. The molecule has 0 aliphatic carbocycles. The maximum absolute atomic E-state index is 5.25. The first-order chi connectivity index (χ1) is 30.2. The molecular formula is C56H41N5. The van der Waals surface area contributed by atoms with Crippen molar-refractivity contribution in [3.8, 4) is 16.8 Å². The normalized spacial score (nSPS) is 16.2. The molecule has 2 unspecified atom stereocenters. The van der Waals surface area contributed by atoms with Crippen molar-refractivity contribution in [2.75, 3.05) is 0 Å². The first-order valence-electron chi connectivity index (χ1n) is 20.8. The summed E-state index contributed by atoms with van der Waals surface area (Å²) in [4.78, 5) is 10.5. The topological polar surface area (TPSA) is 53.7 Å². The van der Waals surface area contributed by atoms with Gasteiger partial charge in [-0.1, -0.05) is 170 Å². The van der Waals surface area contributed by atoms with Gasteiger partial charge in [-0.05, 0) is 99.1 Å².